The minimum atomic E-state index is -1.23. The Hall–Kier alpha value is -5.00. The van der Waals surface area contributed by atoms with E-state index < -0.39 is 14.0 Å². The van der Waals surface area contributed by atoms with Gasteiger partial charge in [0.25, 0.3) is 0 Å². The predicted molar refractivity (Wildman–Crippen MR) is 212 cm³/mol. The number of nitrogens with zero attached hydrogens (tertiary/aromatic N) is 2. The predicted octanol–water partition coefficient (Wildman–Crippen LogP) is 12.1. The van der Waals surface area contributed by atoms with Gasteiger partial charge in [0.2, 0.25) is 0 Å². The van der Waals surface area contributed by atoms with Gasteiger partial charge in [0, 0.05) is 39.3 Å². The van der Waals surface area contributed by atoms with Crippen molar-refractivity contribution in [2.24, 2.45) is 0 Å². The molecule has 0 atom stereocenters. The molecule has 1 radical (unpaired) electrons. The number of fused-ring (bicyclic) bond motifs is 3. The van der Waals surface area contributed by atoms with Crippen molar-refractivity contribution in [3.05, 3.63) is 163 Å². The maximum absolute atomic E-state index is 14.2. The fraction of sp³-hybridized carbons (Fsp3) is 0.130. The van der Waals surface area contributed by atoms with Crippen LogP contribution in [0.4, 0.5) is 4.39 Å². The standard InChI is InChI=1S/C32H23FNO.C14H16NSi.Ir/c1-20(2)22-14-15-34-30(17-22)26-13-7-12-25-29-18-27(21-8-4-3-5-9-21)28(19-31(29)35-32(25)26)23-10-6-11-24(33)16-23;1-16(2,3)13-9-10-14(15-11-13)12-7-5-4-6-8-12;/h3-12,14-20H,1-2H3;4-7,9-11H,1-3H3;/q2*-1;/i20D;;. The van der Waals surface area contributed by atoms with E-state index in [9.17, 15) is 4.39 Å². The van der Waals surface area contributed by atoms with Crippen molar-refractivity contribution in [2.75, 3.05) is 0 Å². The minimum absolute atomic E-state index is 0. The molecule has 8 aromatic rings. The van der Waals surface area contributed by atoms with E-state index in [0.717, 1.165) is 55.4 Å². The van der Waals surface area contributed by atoms with Crippen molar-refractivity contribution in [3.63, 3.8) is 0 Å². The molecule has 0 saturated heterocycles. The molecule has 0 aliphatic rings. The van der Waals surface area contributed by atoms with Crippen molar-refractivity contribution in [2.45, 2.75) is 39.4 Å². The molecular formula is C46H39FIrN2OSi-2. The Kier molecular flexibility index (Phi) is 10.7. The number of halogens is 1. The molecule has 5 aromatic carbocycles. The quantitative estimate of drug-likeness (QED) is 0.123. The van der Waals surface area contributed by atoms with Crippen LogP contribution < -0.4 is 5.19 Å². The number of hydrogen-bond donors (Lipinski definition) is 0. The first kappa shape index (κ1) is 35.4. The second-order valence-corrected chi connectivity index (χ2v) is 18.9. The second-order valence-electron chi connectivity index (χ2n) is 13.9. The summed E-state index contributed by atoms with van der Waals surface area (Å²) in [6, 6.07) is 47.3. The van der Waals surface area contributed by atoms with Gasteiger partial charge in [-0.15, -0.1) is 54.1 Å². The summed E-state index contributed by atoms with van der Waals surface area (Å²) in [5.41, 5.74) is 9.53. The number of aromatic nitrogens is 2. The average molecular weight is 876 g/mol. The molecule has 3 nitrogen and oxygen atoms in total. The third-order valence-electron chi connectivity index (χ3n) is 9.00. The van der Waals surface area contributed by atoms with Gasteiger partial charge in [-0.2, -0.15) is 0 Å². The summed E-state index contributed by atoms with van der Waals surface area (Å²) in [6.45, 7) is 10.7. The summed E-state index contributed by atoms with van der Waals surface area (Å²) >= 11 is 0. The van der Waals surface area contributed by atoms with Crippen molar-refractivity contribution >= 4 is 35.2 Å². The Morgan fingerprint density at radius 2 is 1.48 bits per heavy atom. The van der Waals surface area contributed by atoms with Gasteiger partial charge in [0.15, 0.2) is 0 Å². The molecule has 3 heterocycles. The van der Waals surface area contributed by atoms with Crippen LogP contribution in [0.15, 0.2) is 144 Å². The monoisotopic (exact) mass is 876 g/mol. The van der Waals surface area contributed by atoms with Crippen LogP contribution >= 0.6 is 0 Å². The van der Waals surface area contributed by atoms with Gasteiger partial charge < -0.3 is 14.4 Å². The van der Waals surface area contributed by atoms with E-state index in [4.69, 9.17) is 5.79 Å². The molecule has 0 spiro atoms. The van der Waals surface area contributed by atoms with E-state index in [1.807, 2.05) is 98.9 Å². The van der Waals surface area contributed by atoms with Crippen LogP contribution in [-0.2, 0) is 20.1 Å². The number of rotatable bonds is 6. The molecule has 0 unspecified atom stereocenters. The number of hydrogen-bond acceptors (Lipinski definition) is 3. The molecule has 0 aliphatic carbocycles. The molecule has 52 heavy (non-hydrogen) atoms. The van der Waals surface area contributed by atoms with E-state index in [0.29, 0.717) is 16.9 Å². The molecule has 0 N–H and O–H groups in total. The molecule has 8 rings (SSSR count). The van der Waals surface area contributed by atoms with Crippen molar-refractivity contribution in [3.8, 4) is 44.8 Å². The van der Waals surface area contributed by atoms with Crippen molar-refractivity contribution < 1.29 is 30.3 Å². The van der Waals surface area contributed by atoms with Crippen LogP contribution in [0.1, 0.15) is 26.7 Å². The summed E-state index contributed by atoms with van der Waals surface area (Å²) in [6.07, 6.45) is 3.74. The van der Waals surface area contributed by atoms with E-state index >= 15 is 0 Å². The van der Waals surface area contributed by atoms with Crippen LogP contribution in [-0.4, -0.2) is 18.0 Å². The average Bonchev–Trinajstić information content (AvgIpc) is 3.53. The summed E-state index contributed by atoms with van der Waals surface area (Å²) < 4.78 is 29.0. The smallest absolute Gasteiger partial charge is 0.123 e. The normalized spacial score (nSPS) is 11.8. The van der Waals surface area contributed by atoms with Crippen molar-refractivity contribution in [1.82, 2.24) is 9.97 Å². The summed E-state index contributed by atoms with van der Waals surface area (Å²) in [5, 5.41) is 3.32. The van der Waals surface area contributed by atoms with Gasteiger partial charge in [0.05, 0.1) is 13.7 Å². The Morgan fingerprint density at radius 1 is 0.712 bits per heavy atom. The Labute approximate surface area is 321 Å². The van der Waals surface area contributed by atoms with Crippen LogP contribution in [0.3, 0.4) is 0 Å². The molecule has 3 aromatic heterocycles. The zero-order chi connectivity index (χ0) is 36.5. The van der Waals surface area contributed by atoms with Gasteiger partial charge in [0.1, 0.15) is 11.4 Å². The van der Waals surface area contributed by atoms with Gasteiger partial charge in [-0.3, -0.25) is 0 Å². The fourth-order valence-electron chi connectivity index (χ4n) is 6.16. The van der Waals surface area contributed by atoms with E-state index in [2.05, 4.69) is 72.1 Å². The van der Waals surface area contributed by atoms with Crippen molar-refractivity contribution in [1.29, 1.82) is 0 Å². The van der Waals surface area contributed by atoms with Gasteiger partial charge >= 0.3 is 0 Å². The van der Waals surface area contributed by atoms with Crippen LogP contribution in [0.2, 0.25) is 19.6 Å². The van der Waals surface area contributed by atoms with Crippen LogP contribution in [0.5, 0.6) is 0 Å². The molecule has 0 fully saturated rings. The zero-order valence-electron chi connectivity index (χ0n) is 30.8. The third-order valence-corrected chi connectivity index (χ3v) is 11.0. The maximum Gasteiger partial charge on any atom is 0.123 e. The largest absolute Gasteiger partial charge is 0.501 e. The molecule has 261 valence electrons. The molecule has 0 bridgehead atoms. The molecular weight excluding hydrogens is 836 g/mol. The van der Waals surface area contributed by atoms with Crippen LogP contribution in [0.25, 0.3) is 66.7 Å². The summed E-state index contributed by atoms with van der Waals surface area (Å²) in [5.74, 6) is -1.03. The summed E-state index contributed by atoms with van der Waals surface area (Å²) in [4.78, 5) is 9.09. The Bertz CT molecular complexity index is 2490. The molecule has 0 saturated carbocycles. The molecule has 0 aliphatic heterocycles. The van der Waals surface area contributed by atoms with E-state index in [-0.39, 0.29) is 25.9 Å². The minimum Gasteiger partial charge on any atom is -0.501 e. The summed E-state index contributed by atoms with van der Waals surface area (Å²) in [7, 11) is -1.23. The molecule has 6 heteroatoms. The van der Waals surface area contributed by atoms with Gasteiger partial charge in [-0.05, 0) is 75.1 Å². The first-order valence-corrected chi connectivity index (χ1v) is 20.6. The Balaban J connectivity index is 0.000000238. The van der Waals surface area contributed by atoms with Gasteiger partial charge in [-0.1, -0.05) is 111 Å². The molecule has 0 amide bonds. The second kappa shape index (κ2) is 15.7. The first-order chi connectivity index (χ1) is 25.0. The topological polar surface area (TPSA) is 38.9 Å². The number of pyridine rings is 2. The first-order valence-electron chi connectivity index (χ1n) is 17.6. The van der Waals surface area contributed by atoms with E-state index in [1.54, 1.807) is 18.3 Å². The van der Waals surface area contributed by atoms with Gasteiger partial charge in [-0.25, -0.2) is 4.39 Å². The number of furan rings is 1. The third kappa shape index (κ3) is 7.90. The number of benzene rings is 5. The Morgan fingerprint density at radius 3 is 2.17 bits per heavy atom. The zero-order valence-corrected chi connectivity index (χ0v) is 33.2. The van der Waals surface area contributed by atoms with Crippen LogP contribution in [0, 0.1) is 17.9 Å². The fourth-order valence-corrected chi connectivity index (χ4v) is 7.19. The maximum atomic E-state index is 14.2. The SMILES string of the molecule is C[Si](C)(C)c1ccc(-c2[c-]cccc2)nc1.[2H]C(C)(C)c1ccnc(-c2[c-]ccc3c2oc2cc(-c4cccc(F)c4)c(-c4ccccc4)cc23)c1.[Ir]. The van der Waals surface area contributed by atoms with E-state index in [1.165, 1.54) is 11.3 Å².